The lowest BCUT2D eigenvalue weighted by Gasteiger charge is -2.03. The van der Waals surface area contributed by atoms with Crippen molar-refractivity contribution in [1.82, 2.24) is 14.6 Å². The van der Waals surface area contributed by atoms with Crippen molar-refractivity contribution in [2.45, 2.75) is 0 Å². The minimum Gasteiger partial charge on any atom is -0.289 e. The topological polar surface area (TPSA) is 59.3 Å². The molecule has 2 aromatic carbocycles. The Kier molecular flexibility index (Phi) is 4.58. The van der Waals surface area contributed by atoms with Crippen LogP contribution in [0.15, 0.2) is 47.8 Å². The molecule has 0 bridgehead atoms. The van der Waals surface area contributed by atoms with Gasteiger partial charge in [0.15, 0.2) is 0 Å². The molecule has 0 aliphatic carbocycles. The van der Waals surface area contributed by atoms with Crippen LogP contribution in [0.4, 0.5) is 5.95 Å². The number of halogens is 3. The fourth-order valence-electron chi connectivity index (χ4n) is 2.42. The summed E-state index contributed by atoms with van der Waals surface area (Å²) >= 11 is 19.5. The third-order valence-corrected chi connectivity index (χ3v) is 5.20. The first kappa shape index (κ1) is 17.3. The van der Waals surface area contributed by atoms with Gasteiger partial charge in [0.1, 0.15) is 0 Å². The SMILES string of the molecule is O=C(Nc1nc2scc(-c3ccc(Cl)cc3Cl)n2n1)c1cccc(Cl)c1. The Morgan fingerprint density at radius 3 is 2.65 bits per heavy atom. The van der Waals surface area contributed by atoms with Crippen molar-refractivity contribution in [3.05, 3.63) is 68.5 Å². The molecule has 0 atom stereocenters. The Balaban J connectivity index is 1.67. The summed E-state index contributed by atoms with van der Waals surface area (Å²) < 4.78 is 1.63. The molecular weight excluding hydrogens is 415 g/mol. The number of benzene rings is 2. The van der Waals surface area contributed by atoms with Crippen molar-refractivity contribution < 1.29 is 4.79 Å². The number of carbonyl (C=O) groups is 1. The summed E-state index contributed by atoms with van der Waals surface area (Å²) in [6, 6.07) is 11.9. The van der Waals surface area contributed by atoms with Crippen LogP contribution in [0.25, 0.3) is 16.2 Å². The minimum atomic E-state index is -0.336. The van der Waals surface area contributed by atoms with Gasteiger partial charge in [-0.15, -0.1) is 16.4 Å². The first-order chi connectivity index (χ1) is 12.5. The summed E-state index contributed by atoms with van der Waals surface area (Å²) in [4.78, 5) is 17.3. The highest BCUT2D eigenvalue weighted by atomic mass is 35.5. The van der Waals surface area contributed by atoms with Gasteiger partial charge in [0.2, 0.25) is 4.96 Å². The van der Waals surface area contributed by atoms with Crippen LogP contribution in [0.5, 0.6) is 0 Å². The number of nitrogens with zero attached hydrogens (tertiary/aromatic N) is 3. The molecule has 0 aliphatic heterocycles. The first-order valence-electron chi connectivity index (χ1n) is 7.38. The zero-order valence-corrected chi connectivity index (χ0v) is 16.0. The number of anilines is 1. The summed E-state index contributed by atoms with van der Waals surface area (Å²) in [5.41, 5.74) is 1.97. The van der Waals surface area contributed by atoms with Crippen LogP contribution in [0.2, 0.25) is 15.1 Å². The molecule has 4 rings (SSSR count). The highest BCUT2D eigenvalue weighted by molar-refractivity contribution is 7.15. The van der Waals surface area contributed by atoms with Crippen LogP contribution < -0.4 is 5.32 Å². The lowest BCUT2D eigenvalue weighted by atomic mass is 10.2. The molecule has 0 spiro atoms. The van der Waals surface area contributed by atoms with Gasteiger partial charge in [0.25, 0.3) is 11.9 Å². The van der Waals surface area contributed by atoms with Crippen molar-refractivity contribution >= 4 is 63.0 Å². The van der Waals surface area contributed by atoms with E-state index < -0.39 is 0 Å². The van der Waals surface area contributed by atoms with Gasteiger partial charge < -0.3 is 0 Å². The van der Waals surface area contributed by atoms with E-state index in [1.807, 2.05) is 11.4 Å². The largest absolute Gasteiger partial charge is 0.289 e. The van der Waals surface area contributed by atoms with Gasteiger partial charge in [-0.2, -0.15) is 4.98 Å². The molecule has 1 amide bonds. The standard InChI is InChI=1S/C17H9Cl3N4OS/c18-10-3-1-2-9(6-10)15(25)21-16-22-17-24(23-16)14(8-26-17)12-5-4-11(19)7-13(12)20/h1-8H,(H,21,23,25). The third kappa shape index (κ3) is 3.29. The summed E-state index contributed by atoms with van der Waals surface area (Å²) in [5.74, 6) is -0.134. The number of thiazole rings is 1. The molecule has 0 unspecified atom stereocenters. The second kappa shape index (κ2) is 6.89. The predicted octanol–water partition coefficient (Wildman–Crippen LogP) is 5.67. The van der Waals surface area contributed by atoms with Gasteiger partial charge in [-0.1, -0.05) is 40.9 Å². The van der Waals surface area contributed by atoms with Gasteiger partial charge in [0, 0.05) is 26.6 Å². The van der Waals surface area contributed by atoms with Gasteiger partial charge in [0.05, 0.1) is 10.7 Å². The van der Waals surface area contributed by atoms with Crippen molar-refractivity contribution in [2.75, 3.05) is 5.32 Å². The number of fused-ring (bicyclic) bond motifs is 1. The van der Waals surface area contributed by atoms with E-state index in [0.29, 0.717) is 25.6 Å². The molecule has 2 aromatic heterocycles. The smallest absolute Gasteiger partial charge is 0.258 e. The Labute approximate surface area is 167 Å². The van der Waals surface area contributed by atoms with E-state index in [4.69, 9.17) is 34.8 Å². The number of amides is 1. The molecule has 1 N–H and O–H groups in total. The van der Waals surface area contributed by atoms with Crippen LogP contribution >= 0.6 is 46.1 Å². The molecule has 9 heteroatoms. The van der Waals surface area contributed by atoms with Crippen molar-refractivity contribution in [1.29, 1.82) is 0 Å². The van der Waals surface area contributed by atoms with E-state index >= 15 is 0 Å². The number of hydrogen-bond donors (Lipinski definition) is 1. The van der Waals surface area contributed by atoms with E-state index in [1.165, 1.54) is 11.3 Å². The number of aromatic nitrogens is 3. The number of nitrogens with one attached hydrogen (secondary N) is 1. The maximum Gasteiger partial charge on any atom is 0.258 e. The molecule has 4 aromatic rings. The molecule has 0 saturated heterocycles. The monoisotopic (exact) mass is 422 g/mol. The summed E-state index contributed by atoms with van der Waals surface area (Å²) in [7, 11) is 0. The average molecular weight is 424 g/mol. The van der Waals surface area contributed by atoms with Crippen LogP contribution in [-0.4, -0.2) is 20.5 Å². The molecule has 0 fully saturated rings. The average Bonchev–Trinajstić information content (AvgIpc) is 3.15. The molecule has 130 valence electrons. The highest BCUT2D eigenvalue weighted by Gasteiger charge is 2.16. The van der Waals surface area contributed by atoms with Crippen LogP contribution in [0, 0.1) is 0 Å². The Morgan fingerprint density at radius 2 is 1.88 bits per heavy atom. The molecule has 2 heterocycles. The number of hydrogen-bond acceptors (Lipinski definition) is 4. The van der Waals surface area contributed by atoms with Crippen molar-refractivity contribution in [2.24, 2.45) is 0 Å². The van der Waals surface area contributed by atoms with E-state index in [-0.39, 0.29) is 11.9 Å². The lowest BCUT2D eigenvalue weighted by Crippen LogP contribution is -2.13. The van der Waals surface area contributed by atoms with E-state index in [0.717, 1.165) is 11.3 Å². The van der Waals surface area contributed by atoms with E-state index in [2.05, 4.69) is 15.4 Å². The van der Waals surface area contributed by atoms with Gasteiger partial charge >= 0.3 is 0 Å². The van der Waals surface area contributed by atoms with Crippen LogP contribution in [0.3, 0.4) is 0 Å². The van der Waals surface area contributed by atoms with E-state index in [1.54, 1.807) is 40.9 Å². The van der Waals surface area contributed by atoms with Gasteiger partial charge in [-0.05, 0) is 36.4 Å². The molecule has 0 saturated carbocycles. The molecular formula is C17H9Cl3N4OS. The fourth-order valence-corrected chi connectivity index (χ4v) is 3.94. The quantitative estimate of drug-likeness (QED) is 0.462. The van der Waals surface area contributed by atoms with Gasteiger partial charge in [-0.3, -0.25) is 10.1 Å². The van der Waals surface area contributed by atoms with Crippen LogP contribution in [0.1, 0.15) is 10.4 Å². The highest BCUT2D eigenvalue weighted by Crippen LogP contribution is 2.33. The Hall–Kier alpha value is -2.12. The lowest BCUT2D eigenvalue weighted by molar-refractivity contribution is 0.102. The van der Waals surface area contributed by atoms with Crippen molar-refractivity contribution in [3.63, 3.8) is 0 Å². The molecule has 5 nitrogen and oxygen atoms in total. The fraction of sp³-hybridized carbons (Fsp3) is 0. The summed E-state index contributed by atoms with van der Waals surface area (Å²) in [6.45, 7) is 0. The summed E-state index contributed by atoms with van der Waals surface area (Å²) in [6.07, 6.45) is 0. The Bertz CT molecular complexity index is 1140. The molecule has 26 heavy (non-hydrogen) atoms. The maximum absolute atomic E-state index is 12.3. The second-order valence-electron chi connectivity index (χ2n) is 5.34. The van der Waals surface area contributed by atoms with Crippen LogP contribution in [-0.2, 0) is 0 Å². The zero-order chi connectivity index (χ0) is 18.3. The molecule has 0 radical (unpaired) electrons. The zero-order valence-electron chi connectivity index (χ0n) is 12.9. The van der Waals surface area contributed by atoms with Crippen molar-refractivity contribution in [3.8, 4) is 11.3 Å². The van der Waals surface area contributed by atoms with Gasteiger partial charge in [-0.25, -0.2) is 4.52 Å². The number of carbonyl (C=O) groups excluding carboxylic acids is 1. The third-order valence-electron chi connectivity index (χ3n) is 3.60. The maximum atomic E-state index is 12.3. The Morgan fingerprint density at radius 1 is 1.08 bits per heavy atom. The second-order valence-corrected chi connectivity index (χ2v) is 7.46. The summed E-state index contributed by atoms with van der Waals surface area (Å²) in [5, 5.41) is 10.5. The predicted molar refractivity (Wildman–Crippen MR) is 106 cm³/mol. The normalized spacial score (nSPS) is 11.0. The number of rotatable bonds is 3. The first-order valence-corrected chi connectivity index (χ1v) is 9.39. The molecule has 0 aliphatic rings. The van der Waals surface area contributed by atoms with E-state index in [9.17, 15) is 4.79 Å². The minimum absolute atomic E-state index is 0.202.